The summed E-state index contributed by atoms with van der Waals surface area (Å²) in [5.41, 5.74) is 6.74. The van der Waals surface area contributed by atoms with Gasteiger partial charge in [-0.25, -0.2) is 0 Å². The highest BCUT2D eigenvalue weighted by molar-refractivity contribution is 7.10. The number of hydrogen-bond donors (Lipinski definition) is 3. The van der Waals surface area contributed by atoms with Gasteiger partial charge in [0, 0.05) is 18.7 Å². The van der Waals surface area contributed by atoms with Crippen molar-refractivity contribution in [1.29, 1.82) is 0 Å². The van der Waals surface area contributed by atoms with Crippen molar-refractivity contribution in [2.24, 2.45) is 11.8 Å². The summed E-state index contributed by atoms with van der Waals surface area (Å²) >= 11 is 1.42. The van der Waals surface area contributed by atoms with Gasteiger partial charge in [-0.15, -0.1) is 0 Å². The van der Waals surface area contributed by atoms with Gasteiger partial charge in [-0.1, -0.05) is 6.42 Å². The van der Waals surface area contributed by atoms with Crippen molar-refractivity contribution in [2.45, 2.75) is 26.2 Å². The molecular formula is C11H19N3OS. The molecule has 0 aromatic carbocycles. The summed E-state index contributed by atoms with van der Waals surface area (Å²) in [6.07, 6.45) is 3.61. The zero-order valence-corrected chi connectivity index (χ0v) is 10.4. The smallest absolute Gasteiger partial charge is 0.142 e. The molecule has 1 aromatic heterocycles. The number of hydrogen-bond acceptors (Lipinski definition) is 5. The zero-order chi connectivity index (χ0) is 11.5. The van der Waals surface area contributed by atoms with E-state index in [0.717, 1.165) is 23.5 Å². The minimum absolute atomic E-state index is 0.316. The quantitative estimate of drug-likeness (QED) is 0.752. The van der Waals surface area contributed by atoms with Crippen molar-refractivity contribution in [3.63, 3.8) is 0 Å². The largest absolute Gasteiger partial charge is 0.396 e. The normalized spacial score (nSPS) is 24.9. The van der Waals surface area contributed by atoms with Gasteiger partial charge in [0.05, 0.1) is 0 Å². The van der Waals surface area contributed by atoms with Gasteiger partial charge < -0.3 is 16.2 Å². The second kappa shape index (κ2) is 5.01. The fourth-order valence-corrected chi connectivity index (χ4v) is 3.08. The number of nitrogens with zero attached hydrogens (tertiary/aromatic N) is 1. The zero-order valence-electron chi connectivity index (χ0n) is 9.57. The number of rotatable bonds is 4. The highest BCUT2D eigenvalue weighted by Gasteiger charge is 2.26. The molecular weight excluding hydrogens is 222 g/mol. The molecule has 90 valence electrons. The van der Waals surface area contributed by atoms with Crippen molar-refractivity contribution in [3.8, 4) is 0 Å². The summed E-state index contributed by atoms with van der Waals surface area (Å²) in [5, 5.41) is 13.7. The van der Waals surface area contributed by atoms with Crippen LogP contribution in [0.15, 0.2) is 0 Å². The number of nitrogen functional groups attached to an aromatic ring is 1. The maximum atomic E-state index is 9.23. The maximum absolute atomic E-state index is 9.23. The van der Waals surface area contributed by atoms with Crippen LogP contribution in [0.2, 0.25) is 0 Å². The van der Waals surface area contributed by atoms with Crippen molar-refractivity contribution >= 4 is 22.4 Å². The van der Waals surface area contributed by atoms with Gasteiger partial charge in [-0.2, -0.15) is 4.37 Å². The summed E-state index contributed by atoms with van der Waals surface area (Å²) in [4.78, 5) is 0. The van der Waals surface area contributed by atoms with E-state index in [1.54, 1.807) is 0 Å². The van der Waals surface area contributed by atoms with Crippen molar-refractivity contribution in [2.75, 3.05) is 24.2 Å². The first kappa shape index (κ1) is 11.7. The van der Waals surface area contributed by atoms with Gasteiger partial charge in [-0.3, -0.25) is 0 Å². The summed E-state index contributed by atoms with van der Waals surface area (Å²) in [5.74, 6) is 1.68. The molecule has 2 rings (SSSR count). The lowest BCUT2D eigenvalue weighted by molar-refractivity contribution is 0.199. The van der Waals surface area contributed by atoms with E-state index in [-0.39, 0.29) is 0 Å². The number of nitrogens with one attached hydrogen (secondary N) is 1. The van der Waals surface area contributed by atoms with Crippen LogP contribution in [-0.4, -0.2) is 22.6 Å². The molecule has 0 aliphatic heterocycles. The van der Waals surface area contributed by atoms with E-state index >= 15 is 0 Å². The molecule has 2 atom stereocenters. The Balaban J connectivity index is 1.89. The Kier molecular flexibility index (Phi) is 3.66. The lowest BCUT2D eigenvalue weighted by Crippen LogP contribution is -2.20. The Morgan fingerprint density at radius 2 is 2.25 bits per heavy atom. The molecule has 0 radical (unpaired) electrons. The van der Waals surface area contributed by atoms with E-state index in [9.17, 15) is 5.11 Å². The van der Waals surface area contributed by atoms with Crippen LogP contribution in [0.1, 0.15) is 24.8 Å². The van der Waals surface area contributed by atoms with E-state index < -0.39 is 0 Å². The fraction of sp³-hybridized carbons (Fsp3) is 0.727. The molecule has 1 aliphatic rings. The van der Waals surface area contributed by atoms with Crippen molar-refractivity contribution in [1.82, 2.24) is 4.37 Å². The van der Waals surface area contributed by atoms with Crippen LogP contribution >= 0.6 is 11.5 Å². The number of aliphatic hydroxyl groups is 1. The molecule has 2 unspecified atom stereocenters. The molecule has 0 saturated heterocycles. The van der Waals surface area contributed by atoms with Gasteiger partial charge in [0.2, 0.25) is 0 Å². The Labute approximate surface area is 100 Å². The number of nitrogens with two attached hydrogens (primary N) is 1. The van der Waals surface area contributed by atoms with Crippen molar-refractivity contribution < 1.29 is 5.11 Å². The Hall–Kier alpha value is -0.810. The minimum Gasteiger partial charge on any atom is -0.396 e. The van der Waals surface area contributed by atoms with Crippen LogP contribution in [0.5, 0.6) is 0 Å². The molecule has 0 bridgehead atoms. The molecule has 4 nitrogen and oxygen atoms in total. The lowest BCUT2D eigenvalue weighted by Gasteiger charge is -2.17. The van der Waals surface area contributed by atoms with Gasteiger partial charge in [0.15, 0.2) is 0 Å². The number of aromatic nitrogens is 1. The third-order valence-corrected chi connectivity index (χ3v) is 4.46. The number of anilines is 2. The molecule has 5 heteroatoms. The van der Waals surface area contributed by atoms with Gasteiger partial charge >= 0.3 is 0 Å². The van der Waals surface area contributed by atoms with E-state index in [1.165, 1.54) is 24.4 Å². The monoisotopic (exact) mass is 241 g/mol. The van der Waals surface area contributed by atoms with E-state index in [4.69, 9.17) is 5.73 Å². The molecule has 1 aromatic rings. The average Bonchev–Trinajstić information content (AvgIpc) is 2.86. The predicted molar refractivity (Wildman–Crippen MR) is 67.7 cm³/mol. The van der Waals surface area contributed by atoms with E-state index in [2.05, 4.69) is 9.69 Å². The van der Waals surface area contributed by atoms with Crippen molar-refractivity contribution in [3.05, 3.63) is 5.56 Å². The summed E-state index contributed by atoms with van der Waals surface area (Å²) in [6, 6.07) is 0. The second-order valence-electron chi connectivity index (χ2n) is 4.54. The summed E-state index contributed by atoms with van der Waals surface area (Å²) in [7, 11) is 0. The minimum atomic E-state index is 0.316. The highest BCUT2D eigenvalue weighted by atomic mass is 32.1. The molecule has 1 saturated carbocycles. The molecule has 1 fully saturated rings. The van der Waals surface area contributed by atoms with E-state index in [1.807, 2.05) is 6.92 Å². The topological polar surface area (TPSA) is 71.2 Å². The third-order valence-electron chi connectivity index (χ3n) is 3.54. The molecule has 1 heterocycles. The molecule has 0 spiro atoms. The molecule has 0 amide bonds. The Morgan fingerprint density at radius 1 is 1.50 bits per heavy atom. The predicted octanol–water partition coefficient (Wildman–Crippen LogP) is 1.85. The van der Waals surface area contributed by atoms with Crippen LogP contribution in [-0.2, 0) is 0 Å². The Bertz CT molecular complexity index is 353. The van der Waals surface area contributed by atoms with Crippen LogP contribution < -0.4 is 11.1 Å². The van der Waals surface area contributed by atoms with Gasteiger partial charge in [-0.05, 0) is 43.1 Å². The fourth-order valence-electron chi connectivity index (χ4n) is 2.36. The van der Waals surface area contributed by atoms with Crippen LogP contribution in [0, 0.1) is 18.8 Å². The van der Waals surface area contributed by atoms with Crippen LogP contribution in [0.3, 0.4) is 0 Å². The van der Waals surface area contributed by atoms with Crippen LogP contribution in [0.4, 0.5) is 10.8 Å². The molecule has 16 heavy (non-hydrogen) atoms. The third kappa shape index (κ3) is 2.30. The number of aliphatic hydroxyl groups excluding tert-OH is 1. The first-order valence-corrected chi connectivity index (χ1v) is 6.56. The van der Waals surface area contributed by atoms with Crippen LogP contribution in [0.25, 0.3) is 0 Å². The van der Waals surface area contributed by atoms with Gasteiger partial charge in [0.25, 0.3) is 0 Å². The highest BCUT2D eigenvalue weighted by Crippen LogP contribution is 2.32. The maximum Gasteiger partial charge on any atom is 0.142 e. The average molecular weight is 241 g/mol. The summed E-state index contributed by atoms with van der Waals surface area (Å²) in [6.45, 7) is 3.23. The lowest BCUT2D eigenvalue weighted by atomic mass is 9.97. The second-order valence-corrected chi connectivity index (χ2v) is 5.31. The molecule has 1 aliphatic carbocycles. The first-order chi connectivity index (χ1) is 7.72. The standard InChI is InChI=1S/C11H19N3OS/c1-7-10(12)14-16-11(7)13-5-8-3-2-4-9(8)6-15/h8-9,13,15H,2-6H2,1H3,(H2,12,14). The summed E-state index contributed by atoms with van der Waals surface area (Å²) < 4.78 is 4.11. The molecule has 4 N–H and O–H groups in total. The Morgan fingerprint density at radius 3 is 2.88 bits per heavy atom. The SMILES string of the molecule is Cc1c(N)nsc1NCC1CCCC1CO. The van der Waals surface area contributed by atoms with Gasteiger partial charge in [0.1, 0.15) is 10.8 Å². The van der Waals surface area contributed by atoms with E-state index in [0.29, 0.717) is 24.3 Å². The first-order valence-electron chi connectivity index (χ1n) is 5.79.